The number of ether oxygens (including phenoxy) is 1. The van der Waals surface area contributed by atoms with Gasteiger partial charge in [-0.15, -0.1) is 0 Å². The van der Waals surface area contributed by atoms with Crippen LogP contribution in [0.4, 0.5) is 11.4 Å². The van der Waals surface area contributed by atoms with Crippen LogP contribution >= 0.6 is 27.5 Å². The summed E-state index contributed by atoms with van der Waals surface area (Å²) in [5, 5.41) is 22.4. The van der Waals surface area contributed by atoms with Crippen molar-refractivity contribution in [2.24, 2.45) is 0 Å². The lowest BCUT2D eigenvalue weighted by molar-refractivity contribution is -0.385. The third-order valence-electron chi connectivity index (χ3n) is 3.39. The number of anilines is 1. The maximum atomic E-state index is 12.2. The first kappa shape index (κ1) is 20.4. The summed E-state index contributed by atoms with van der Waals surface area (Å²) >= 11 is 8.91. The molecule has 2 aromatic rings. The average molecular weight is 453 g/mol. The van der Waals surface area contributed by atoms with Crippen LogP contribution in [0.25, 0.3) is 0 Å². The van der Waals surface area contributed by atoms with Crippen LogP contribution < -0.4 is 5.32 Å². The minimum atomic E-state index is -1.17. The van der Waals surface area contributed by atoms with E-state index in [9.17, 15) is 19.7 Å². The molecule has 0 aliphatic heterocycles. The summed E-state index contributed by atoms with van der Waals surface area (Å²) in [6.07, 6.45) is -1.17. The molecule has 0 saturated carbocycles. The normalized spacial score (nSPS) is 11.2. The topological polar surface area (TPSA) is 122 Å². The number of nitro groups is 1. The number of benzene rings is 2. The highest BCUT2D eigenvalue weighted by molar-refractivity contribution is 9.10. The lowest BCUT2D eigenvalue weighted by Gasteiger charge is -2.14. The predicted octanol–water partition coefficient (Wildman–Crippen LogP) is 4.07. The Kier molecular flexibility index (Phi) is 6.50. The third-order valence-corrected chi connectivity index (χ3v) is 4.37. The van der Waals surface area contributed by atoms with E-state index in [1.807, 2.05) is 6.07 Å². The number of nitriles is 1. The molecule has 0 aliphatic carbocycles. The van der Waals surface area contributed by atoms with Crippen LogP contribution in [0.1, 0.15) is 22.8 Å². The van der Waals surface area contributed by atoms with Crippen molar-refractivity contribution in [1.82, 2.24) is 0 Å². The monoisotopic (exact) mass is 451 g/mol. The second-order valence-corrected chi connectivity index (χ2v) is 6.53. The van der Waals surface area contributed by atoms with E-state index < -0.39 is 22.9 Å². The summed E-state index contributed by atoms with van der Waals surface area (Å²) < 4.78 is 5.26. The van der Waals surface area contributed by atoms with Crippen LogP contribution in [0.3, 0.4) is 0 Å². The Hall–Kier alpha value is -2.96. The molecule has 8 nitrogen and oxygen atoms in total. The van der Waals surface area contributed by atoms with Gasteiger partial charge in [0.25, 0.3) is 11.6 Å². The number of nitrogens with one attached hydrogen (secondary N) is 1. The van der Waals surface area contributed by atoms with Gasteiger partial charge in [0, 0.05) is 11.8 Å². The lowest BCUT2D eigenvalue weighted by atomic mass is 10.2. The zero-order valence-electron chi connectivity index (χ0n) is 13.7. The number of carbonyl (C=O) groups excluding carboxylic acids is 2. The molecule has 2 aromatic carbocycles. The molecule has 0 bridgehead atoms. The minimum absolute atomic E-state index is 0.0639. The minimum Gasteiger partial charge on any atom is -0.449 e. The van der Waals surface area contributed by atoms with Crippen molar-refractivity contribution in [3.63, 3.8) is 0 Å². The van der Waals surface area contributed by atoms with Gasteiger partial charge >= 0.3 is 5.97 Å². The van der Waals surface area contributed by atoms with Crippen LogP contribution in [0.2, 0.25) is 5.02 Å². The van der Waals surface area contributed by atoms with E-state index in [4.69, 9.17) is 21.6 Å². The first-order valence-electron chi connectivity index (χ1n) is 7.38. The van der Waals surface area contributed by atoms with E-state index in [1.165, 1.54) is 37.3 Å². The number of nitro benzene ring substituents is 1. The SMILES string of the molecule is CC(OC(=O)c1ccc(Br)c([N+](=O)[O-])c1)C(=O)Nc1ccc(C#N)c(Cl)c1. The van der Waals surface area contributed by atoms with E-state index in [2.05, 4.69) is 21.2 Å². The van der Waals surface area contributed by atoms with Crippen molar-refractivity contribution in [2.45, 2.75) is 13.0 Å². The molecule has 0 saturated heterocycles. The molecule has 2 rings (SSSR count). The Morgan fingerprint density at radius 3 is 2.63 bits per heavy atom. The number of carbonyl (C=O) groups is 2. The molecule has 27 heavy (non-hydrogen) atoms. The quantitative estimate of drug-likeness (QED) is 0.414. The third kappa shape index (κ3) is 5.03. The van der Waals surface area contributed by atoms with Gasteiger partial charge in [0.05, 0.1) is 25.5 Å². The molecule has 0 radical (unpaired) electrons. The average Bonchev–Trinajstić information content (AvgIpc) is 2.61. The zero-order chi connectivity index (χ0) is 20.1. The number of hydrogen-bond donors (Lipinski definition) is 1. The largest absolute Gasteiger partial charge is 0.449 e. The second-order valence-electron chi connectivity index (χ2n) is 5.27. The smallest absolute Gasteiger partial charge is 0.339 e. The summed E-state index contributed by atoms with van der Waals surface area (Å²) in [5.74, 6) is -1.51. The number of halogens is 2. The van der Waals surface area contributed by atoms with Crippen molar-refractivity contribution in [3.05, 3.63) is 67.1 Å². The Morgan fingerprint density at radius 2 is 2.04 bits per heavy atom. The summed E-state index contributed by atoms with van der Waals surface area (Å²) in [4.78, 5) is 34.6. The molecule has 1 unspecified atom stereocenters. The maximum absolute atomic E-state index is 12.2. The molecule has 0 heterocycles. The Balaban J connectivity index is 2.07. The van der Waals surface area contributed by atoms with E-state index in [1.54, 1.807) is 0 Å². The van der Waals surface area contributed by atoms with Crippen molar-refractivity contribution in [3.8, 4) is 6.07 Å². The fraction of sp³-hybridized carbons (Fsp3) is 0.118. The van der Waals surface area contributed by atoms with Crippen molar-refractivity contribution >= 4 is 50.8 Å². The summed E-state index contributed by atoms with van der Waals surface area (Å²) in [5.41, 5.74) is 0.219. The van der Waals surface area contributed by atoms with Gasteiger partial charge in [0.2, 0.25) is 0 Å². The molecule has 0 aliphatic rings. The highest BCUT2D eigenvalue weighted by Crippen LogP contribution is 2.26. The van der Waals surface area contributed by atoms with Gasteiger partial charge in [0.1, 0.15) is 6.07 Å². The molecular weight excluding hydrogens is 442 g/mol. The fourth-order valence-corrected chi connectivity index (χ4v) is 2.60. The molecule has 0 spiro atoms. The molecule has 1 N–H and O–H groups in total. The fourth-order valence-electron chi connectivity index (χ4n) is 1.99. The maximum Gasteiger partial charge on any atom is 0.339 e. The summed E-state index contributed by atoms with van der Waals surface area (Å²) in [6.45, 7) is 1.35. The molecule has 0 fully saturated rings. The van der Waals surface area contributed by atoms with Gasteiger partial charge in [-0.1, -0.05) is 11.6 Å². The van der Waals surface area contributed by atoms with Crippen LogP contribution in [-0.2, 0) is 9.53 Å². The van der Waals surface area contributed by atoms with Crippen LogP contribution in [0.5, 0.6) is 0 Å². The molecule has 1 amide bonds. The number of hydrogen-bond acceptors (Lipinski definition) is 6. The van der Waals surface area contributed by atoms with Crippen LogP contribution in [-0.4, -0.2) is 22.9 Å². The number of rotatable bonds is 5. The lowest BCUT2D eigenvalue weighted by Crippen LogP contribution is -2.30. The standard InChI is InChI=1S/C17H11BrClN3O5/c1-9(16(23)21-12-4-2-11(8-20)14(19)7-12)27-17(24)10-3-5-13(18)15(6-10)22(25)26/h2-7,9H,1H3,(H,21,23). The van der Waals surface area contributed by atoms with Crippen LogP contribution in [0.15, 0.2) is 40.9 Å². The Bertz CT molecular complexity index is 974. The van der Waals surface area contributed by atoms with Gasteiger partial charge < -0.3 is 10.1 Å². The molecule has 0 aromatic heterocycles. The van der Waals surface area contributed by atoms with E-state index in [0.717, 1.165) is 6.07 Å². The number of amides is 1. The highest BCUT2D eigenvalue weighted by atomic mass is 79.9. The number of esters is 1. The van der Waals surface area contributed by atoms with Crippen LogP contribution in [0, 0.1) is 21.4 Å². The zero-order valence-corrected chi connectivity index (χ0v) is 16.1. The summed E-state index contributed by atoms with van der Waals surface area (Å²) in [7, 11) is 0. The first-order valence-corrected chi connectivity index (χ1v) is 8.55. The molecule has 1 atom stereocenters. The van der Waals surface area contributed by atoms with Gasteiger partial charge in [-0.2, -0.15) is 5.26 Å². The second kappa shape index (κ2) is 8.62. The van der Waals surface area contributed by atoms with Gasteiger partial charge in [-0.25, -0.2) is 4.79 Å². The van der Waals surface area contributed by atoms with Gasteiger partial charge in [-0.3, -0.25) is 14.9 Å². The van der Waals surface area contributed by atoms with E-state index in [0.29, 0.717) is 5.69 Å². The van der Waals surface area contributed by atoms with E-state index in [-0.39, 0.29) is 26.3 Å². The Morgan fingerprint density at radius 1 is 1.33 bits per heavy atom. The van der Waals surface area contributed by atoms with Gasteiger partial charge in [-0.05, 0) is 53.2 Å². The molecule has 10 heteroatoms. The molecule has 138 valence electrons. The molecular formula is C17H11BrClN3O5. The number of nitrogens with zero attached hydrogens (tertiary/aromatic N) is 2. The van der Waals surface area contributed by atoms with Crippen molar-refractivity contribution < 1.29 is 19.2 Å². The Labute approximate surface area is 167 Å². The van der Waals surface area contributed by atoms with Crippen molar-refractivity contribution in [1.29, 1.82) is 5.26 Å². The van der Waals surface area contributed by atoms with Gasteiger partial charge in [0.15, 0.2) is 6.10 Å². The predicted molar refractivity (Wildman–Crippen MR) is 100 cm³/mol. The first-order chi connectivity index (χ1) is 12.7. The van der Waals surface area contributed by atoms with Crippen molar-refractivity contribution in [2.75, 3.05) is 5.32 Å². The highest BCUT2D eigenvalue weighted by Gasteiger charge is 2.22. The van der Waals surface area contributed by atoms with E-state index >= 15 is 0 Å². The summed E-state index contributed by atoms with van der Waals surface area (Å²) in [6, 6.07) is 9.94.